The Labute approximate surface area is 102 Å². The Balaban J connectivity index is 2.81. The third kappa shape index (κ3) is 1.94. The van der Waals surface area contributed by atoms with Crippen molar-refractivity contribution in [3.05, 3.63) is 47.5 Å². The monoisotopic (exact) mass is 252 g/mol. The molecule has 0 saturated heterocycles. The number of fused-ring (bicyclic) bond motifs is 1. The van der Waals surface area contributed by atoms with Gasteiger partial charge in [0.1, 0.15) is 0 Å². The van der Waals surface area contributed by atoms with E-state index in [4.69, 9.17) is 23.2 Å². The van der Waals surface area contributed by atoms with Gasteiger partial charge < -0.3 is 0 Å². The average Bonchev–Trinajstić information content (AvgIpc) is 2.27. The zero-order chi connectivity index (χ0) is 11.7. The first-order valence-electron chi connectivity index (χ1n) is 4.52. The lowest BCUT2D eigenvalue weighted by molar-refractivity contribution is 0.105. The number of rotatable bonds is 2. The summed E-state index contributed by atoms with van der Waals surface area (Å²) in [7, 11) is 0. The van der Waals surface area contributed by atoms with Crippen LogP contribution in [0.1, 0.15) is 20.7 Å². The molecule has 2 aromatic rings. The highest BCUT2D eigenvalue weighted by Gasteiger charge is 2.15. The molecule has 0 heterocycles. The van der Waals surface area contributed by atoms with E-state index in [0.717, 1.165) is 10.8 Å². The summed E-state index contributed by atoms with van der Waals surface area (Å²) in [6.07, 6.45) is 0. The molecule has 0 spiro atoms. The molecule has 16 heavy (non-hydrogen) atoms. The van der Waals surface area contributed by atoms with Crippen LogP contribution in [-0.2, 0) is 0 Å². The van der Waals surface area contributed by atoms with Crippen molar-refractivity contribution in [3.63, 3.8) is 0 Å². The van der Waals surface area contributed by atoms with Gasteiger partial charge in [0.2, 0.25) is 0 Å². The summed E-state index contributed by atoms with van der Waals surface area (Å²) in [5.41, 5.74) is 0.278. The Morgan fingerprint density at radius 2 is 1.19 bits per heavy atom. The van der Waals surface area contributed by atoms with Gasteiger partial charge in [0.25, 0.3) is 10.5 Å². The molecule has 0 bridgehead atoms. The molecular formula is C12H6Cl2O2. The van der Waals surface area contributed by atoms with Gasteiger partial charge in [-0.1, -0.05) is 24.3 Å². The second kappa shape index (κ2) is 4.24. The third-order valence-corrected chi connectivity index (χ3v) is 2.72. The topological polar surface area (TPSA) is 34.1 Å². The second-order valence-corrected chi connectivity index (χ2v) is 3.98. The predicted molar refractivity (Wildman–Crippen MR) is 64.3 cm³/mol. The largest absolute Gasteiger partial charge is 0.276 e. The van der Waals surface area contributed by atoms with Gasteiger partial charge in [-0.05, 0) is 46.1 Å². The van der Waals surface area contributed by atoms with Crippen molar-refractivity contribution >= 4 is 44.5 Å². The van der Waals surface area contributed by atoms with Crippen LogP contribution in [0.2, 0.25) is 0 Å². The van der Waals surface area contributed by atoms with Gasteiger partial charge in [-0.15, -0.1) is 0 Å². The lowest BCUT2D eigenvalue weighted by atomic mass is 10.0. The predicted octanol–water partition coefficient (Wildman–Crippen LogP) is 3.60. The molecule has 2 rings (SSSR count). The van der Waals surface area contributed by atoms with Crippen molar-refractivity contribution in [2.24, 2.45) is 0 Å². The van der Waals surface area contributed by atoms with Gasteiger partial charge in [0.15, 0.2) is 0 Å². The SMILES string of the molecule is O=C(Cl)c1cc2ccccc2cc1C(=O)Cl. The number of hydrogen-bond acceptors (Lipinski definition) is 2. The van der Waals surface area contributed by atoms with Crippen molar-refractivity contribution in [2.75, 3.05) is 0 Å². The highest BCUT2D eigenvalue weighted by molar-refractivity contribution is 6.72. The molecule has 0 amide bonds. The quantitative estimate of drug-likeness (QED) is 0.766. The summed E-state index contributed by atoms with van der Waals surface area (Å²) >= 11 is 10.8. The summed E-state index contributed by atoms with van der Waals surface area (Å²) < 4.78 is 0. The molecule has 2 nitrogen and oxygen atoms in total. The first-order valence-corrected chi connectivity index (χ1v) is 5.27. The van der Waals surface area contributed by atoms with E-state index in [9.17, 15) is 9.59 Å². The first-order chi connectivity index (χ1) is 7.59. The highest BCUT2D eigenvalue weighted by Crippen LogP contribution is 2.22. The second-order valence-electron chi connectivity index (χ2n) is 3.29. The van der Waals surface area contributed by atoms with Gasteiger partial charge >= 0.3 is 0 Å². The van der Waals surface area contributed by atoms with Gasteiger partial charge in [0, 0.05) is 11.1 Å². The molecule has 0 unspecified atom stereocenters. The average molecular weight is 253 g/mol. The Bertz CT molecular complexity index is 538. The molecule has 4 heteroatoms. The van der Waals surface area contributed by atoms with Gasteiger partial charge in [-0.3, -0.25) is 9.59 Å². The van der Waals surface area contributed by atoms with Crippen LogP contribution in [0, 0.1) is 0 Å². The van der Waals surface area contributed by atoms with Crippen LogP contribution in [0.5, 0.6) is 0 Å². The summed E-state index contributed by atoms with van der Waals surface area (Å²) in [5, 5.41) is 0.311. The number of benzene rings is 2. The Morgan fingerprint density at radius 3 is 1.50 bits per heavy atom. The molecule has 0 saturated carbocycles. The molecular weight excluding hydrogens is 247 g/mol. The molecule has 0 radical (unpaired) electrons. The van der Waals surface area contributed by atoms with Crippen LogP contribution in [-0.4, -0.2) is 10.5 Å². The molecule has 0 aliphatic heterocycles. The van der Waals surface area contributed by atoms with Gasteiger partial charge in [-0.25, -0.2) is 0 Å². The maximum Gasteiger partial charge on any atom is 0.253 e. The van der Waals surface area contributed by atoms with Crippen LogP contribution < -0.4 is 0 Å². The standard InChI is InChI=1S/C12H6Cl2O2/c13-11(15)9-5-7-3-1-2-4-8(7)6-10(9)12(14)16/h1-6H. The maximum absolute atomic E-state index is 11.2. The van der Waals surface area contributed by atoms with Crippen molar-refractivity contribution in [1.29, 1.82) is 0 Å². The van der Waals surface area contributed by atoms with E-state index in [1.54, 1.807) is 12.1 Å². The van der Waals surface area contributed by atoms with Crippen molar-refractivity contribution in [3.8, 4) is 0 Å². The molecule has 0 aliphatic rings. The van der Waals surface area contributed by atoms with E-state index >= 15 is 0 Å². The van der Waals surface area contributed by atoms with E-state index in [1.165, 1.54) is 0 Å². The molecule has 0 aliphatic carbocycles. The number of carbonyl (C=O) groups is 2. The fourth-order valence-corrected chi connectivity index (χ4v) is 1.88. The van der Waals surface area contributed by atoms with E-state index in [2.05, 4.69) is 0 Å². The first kappa shape index (κ1) is 11.1. The van der Waals surface area contributed by atoms with Crippen LogP contribution in [0.15, 0.2) is 36.4 Å². The van der Waals surface area contributed by atoms with Crippen LogP contribution >= 0.6 is 23.2 Å². The smallest absolute Gasteiger partial charge is 0.253 e. The zero-order valence-electron chi connectivity index (χ0n) is 8.04. The highest BCUT2D eigenvalue weighted by atomic mass is 35.5. The molecule has 0 aromatic heterocycles. The summed E-state index contributed by atoms with van der Waals surface area (Å²) in [6, 6.07) is 10.5. The van der Waals surface area contributed by atoms with Gasteiger partial charge in [-0.2, -0.15) is 0 Å². The summed E-state index contributed by atoms with van der Waals surface area (Å²) in [6.45, 7) is 0. The number of halogens is 2. The molecule has 2 aromatic carbocycles. The Hall–Kier alpha value is -1.38. The summed E-state index contributed by atoms with van der Waals surface area (Å²) in [4.78, 5) is 22.3. The van der Waals surface area contributed by atoms with Crippen molar-refractivity contribution in [2.45, 2.75) is 0 Å². The minimum absolute atomic E-state index is 0.139. The Morgan fingerprint density at radius 1 is 0.812 bits per heavy atom. The summed E-state index contributed by atoms with van der Waals surface area (Å²) in [5.74, 6) is 0. The zero-order valence-corrected chi connectivity index (χ0v) is 9.55. The van der Waals surface area contributed by atoms with Crippen LogP contribution in [0.25, 0.3) is 10.8 Å². The molecule has 0 fully saturated rings. The fraction of sp³-hybridized carbons (Fsp3) is 0. The number of carbonyl (C=O) groups excluding carboxylic acids is 2. The van der Waals surface area contributed by atoms with Crippen LogP contribution in [0.4, 0.5) is 0 Å². The minimum Gasteiger partial charge on any atom is -0.276 e. The fourth-order valence-electron chi connectivity index (χ4n) is 1.57. The normalized spacial score (nSPS) is 10.4. The lowest BCUT2D eigenvalue weighted by Crippen LogP contribution is -2.00. The molecule has 0 N–H and O–H groups in total. The molecule has 0 atom stereocenters. The lowest BCUT2D eigenvalue weighted by Gasteiger charge is -2.04. The van der Waals surface area contributed by atoms with Gasteiger partial charge in [0.05, 0.1) is 0 Å². The van der Waals surface area contributed by atoms with E-state index < -0.39 is 10.5 Å². The number of hydrogen-bond donors (Lipinski definition) is 0. The minimum atomic E-state index is -0.685. The van der Waals surface area contributed by atoms with E-state index in [-0.39, 0.29) is 11.1 Å². The van der Waals surface area contributed by atoms with E-state index in [1.807, 2.05) is 24.3 Å². The maximum atomic E-state index is 11.2. The van der Waals surface area contributed by atoms with E-state index in [0.29, 0.717) is 0 Å². The van der Waals surface area contributed by atoms with Crippen LogP contribution in [0.3, 0.4) is 0 Å². The van der Waals surface area contributed by atoms with Crippen molar-refractivity contribution < 1.29 is 9.59 Å². The Kier molecular flexibility index (Phi) is 2.95. The van der Waals surface area contributed by atoms with Crippen molar-refractivity contribution in [1.82, 2.24) is 0 Å². The third-order valence-electron chi connectivity index (χ3n) is 2.31. The molecule has 80 valence electrons.